The van der Waals surface area contributed by atoms with E-state index >= 15 is 0 Å². The molecule has 0 amide bonds. The molecule has 0 aliphatic carbocycles. The molecule has 1 N–H and O–H groups in total. The Balaban J connectivity index is 2.20. The van der Waals surface area contributed by atoms with E-state index < -0.39 is 6.10 Å². The molecule has 2 rings (SSSR count). The quantitative estimate of drug-likeness (QED) is 0.931. The van der Waals surface area contributed by atoms with Crippen molar-refractivity contribution in [2.45, 2.75) is 12.5 Å². The maximum Gasteiger partial charge on any atom is 0.102 e. The van der Waals surface area contributed by atoms with Crippen LogP contribution in [0.2, 0.25) is 10.0 Å². The number of nitrogens with zero attached hydrogens (tertiary/aromatic N) is 2. The highest BCUT2D eigenvalue weighted by atomic mass is 35.5. The first-order valence-corrected chi connectivity index (χ1v) is 5.81. The monoisotopic (exact) mass is 268 g/mol. The third kappa shape index (κ3) is 2.94. The van der Waals surface area contributed by atoms with Gasteiger partial charge in [0.05, 0.1) is 15.7 Å². The van der Waals surface area contributed by atoms with Crippen LogP contribution in [-0.4, -0.2) is 15.1 Å². The van der Waals surface area contributed by atoms with E-state index in [1.807, 2.05) is 0 Å². The highest BCUT2D eigenvalue weighted by molar-refractivity contribution is 6.31. The van der Waals surface area contributed by atoms with Crippen LogP contribution in [0.1, 0.15) is 17.4 Å². The zero-order valence-corrected chi connectivity index (χ0v) is 10.4. The van der Waals surface area contributed by atoms with Crippen molar-refractivity contribution in [1.82, 2.24) is 9.97 Å². The molecule has 1 unspecified atom stereocenters. The molecule has 1 atom stereocenters. The molecule has 5 heteroatoms. The summed E-state index contributed by atoms with van der Waals surface area (Å²) >= 11 is 11.9. The molecule has 2 heterocycles. The fourth-order valence-electron chi connectivity index (χ4n) is 1.52. The molecule has 0 bridgehead atoms. The number of aliphatic hydroxyl groups is 1. The summed E-state index contributed by atoms with van der Waals surface area (Å²) in [5.41, 5.74) is 1.28. The second kappa shape index (κ2) is 5.45. The van der Waals surface area contributed by atoms with Crippen LogP contribution < -0.4 is 0 Å². The van der Waals surface area contributed by atoms with Gasteiger partial charge in [0.1, 0.15) is 6.10 Å². The number of pyridine rings is 2. The van der Waals surface area contributed by atoms with Gasteiger partial charge in [0, 0.05) is 25.0 Å². The van der Waals surface area contributed by atoms with Gasteiger partial charge < -0.3 is 5.11 Å². The second-order valence-electron chi connectivity index (χ2n) is 3.56. The Kier molecular flexibility index (Phi) is 3.94. The first-order chi connectivity index (χ1) is 8.18. The summed E-state index contributed by atoms with van der Waals surface area (Å²) < 4.78 is 0. The van der Waals surface area contributed by atoms with Gasteiger partial charge in [-0.05, 0) is 23.8 Å². The fraction of sp³-hybridized carbons (Fsp3) is 0.167. The smallest absolute Gasteiger partial charge is 0.102 e. The van der Waals surface area contributed by atoms with Gasteiger partial charge in [-0.25, -0.2) is 0 Å². The number of halogens is 2. The molecule has 0 fully saturated rings. The van der Waals surface area contributed by atoms with Crippen LogP contribution in [0.15, 0.2) is 36.8 Å². The summed E-state index contributed by atoms with van der Waals surface area (Å²) in [5.74, 6) is 0. The van der Waals surface area contributed by atoms with Crippen molar-refractivity contribution < 1.29 is 5.11 Å². The lowest BCUT2D eigenvalue weighted by atomic mass is 10.1. The molecule has 0 spiro atoms. The minimum Gasteiger partial charge on any atom is -0.386 e. The zero-order chi connectivity index (χ0) is 12.3. The number of hydrogen-bond donors (Lipinski definition) is 1. The normalized spacial score (nSPS) is 12.4. The zero-order valence-electron chi connectivity index (χ0n) is 8.85. The molecule has 2 aromatic heterocycles. The van der Waals surface area contributed by atoms with E-state index in [0.29, 0.717) is 22.2 Å². The Hall–Kier alpha value is -1.16. The average Bonchev–Trinajstić information content (AvgIpc) is 2.32. The summed E-state index contributed by atoms with van der Waals surface area (Å²) in [7, 11) is 0. The van der Waals surface area contributed by atoms with Crippen molar-refractivity contribution in [3.63, 3.8) is 0 Å². The maximum absolute atomic E-state index is 10.1. The van der Waals surface area contributed by atoms with E-state index in [-0.39, 0.29) is 0 Å². The van der Waals surface area contributed by atoms with E-state index in [1.165, 1.54) is 0 Å². The van der Waals surface area contributed by atoms with Crippen molar-refractivity contribution in [2.24, 2.45) is 0 Å². The van der Waals surface area contributed by atoms with Crippen LogP contribution in [-0.2, 0) is 6.42 Å². The topological polar surface area (TPSA) is 46.0 Å². The Labute approximate surface area is 109 Å². The predicted octanol–water partition coefficient (Wildman–Crippen LogP) is 3.06. The third-order valence-electron chi connectivity index (χ3n) is 2.37. The lowest BCUT2D eigenvalue weighted by molar-refractivity contribution is 0.173. The van der Waals surface area contributed by atoms with Crippen LogP contribution in [0.25, 0.3) is 0 Å². The van der Waals surface area contributed by atoms with E-state index in [2.05, 4.69) is 9.97 Å². The van der Waals surface area contributed by atoms with E-state index in [0.717, 1.165) is 5.56 Å². The highest BCUT2D eigenvalue weighted by Gasteiger charge is 2.14. The summed E-state index contributed by atoms with van der Waals surface area (Å²) in [6.07, 6.45) is 4.36. The molecule has 2 aromatic rings. The number of aromatic nitrogens is 2. The molecular weight excluding hydrogens is 259 g/mol. The Morgan fingerprint density at radius 2 is 2.00 bits per heavy atom. The van der Waals surface area contributed by atoms with Crippen molar-refractivity contribution in [3.05, 3.63) is 58.1 Å². The van der Waals surface area contributed by atoms with Gasteiger partial charge in [-0.15, -0.1) is 0 Å². The fourth-order valence-corrected chi connectivity index (χ4v) is 1.96. The summed E-state index contributed by atoms with van der Waals surface area (Å²) in [6, 6.07) is 5.18. The first kappa shape index (κ1) is 12.3. The highest BCUT2D eigenvalue weighted by Crippen LogP contribution is 2.25. The summed E-state index contributed by atoms with van der Waals surface area (Å²) in [4.78, 5) is 7.95. The number of rotatable bonds is 3. The predicted molar refractivity (Wildman–Crippen MR) is 67.2 cm³/mol. The van der Waals surface area contributed by atoms with Crippen LogP contribution >= 0.6 is 23.2 Å². The molecule has 17 heavy (non-hydrogen) atoms. The summed E-state index contributed by atoms with van der Waals surface area (Å²) in [6.45, 7) is 0. The average molecular weight is 269 g/mol. The van der Waals surface area contributed by atoms with Crippen LogP contribution in [0.5, 0.6) is 0 Å². The SMILES string of the molecule is OC(Cc1ccncc1Cl)c1ncccc1Cl. The lowest BCUT2D eigenvalue weighted by Gasteiger charge is -2.12. The van der Waals surface area contributed by atoms with Crippen LogP contribution in [0.3, 0.4) is 0 Å². The van der Waals surface area contributed by atoms with Gasteiger partial charge in [-0.3, -0.25) is 9.97 Å². The maximum atomic E-state index is 10.1. The molecule has 3 nitrogen and oxygen atoms in total. The first-order valence-electron chi connectivity index (χ1n) is 5.05. The van der Waals surface area contributed by atoms with Gasteiger partial charge in [-0.2, -0.15) is 0 Å². The minimum absolute atomic E-state index is 0.359. The van der Waals surface area contributed by atoms with Crippen molar-refractivity contribution >= 4 is 23.2 Å². The lowest BCUT2D eigenvalue weighted by Crippen LogP contribution is -2.05. The molecule has 0 saturated carbocycles. The van der Waals surface area contributed by atoms with E-state index in [1.54, 1.807) is 36.8 Å². The number of hydrogen-bond acceptors (Lipinski definition) is 3. The van der Waals surface area contributed by atoms with Crippen molar-refractivity contribution in [2.75, 3.05) is 0 Å². The summed E-state index contributed by atoms with van der Waals surface area (Å²) in [5, 5.41) is 11.0. The largest absolute Gasteiger partial charge is 0.386 e. The Morgan fingerprint density at radius 3 is 2.71 bits per heavy atom. The van der Waals surface area contributed by atoms with Gasteiger partial charge >= 0.3 is 0 Å². The van der Waals surface area contributed by atoms with Crippen LogP contribution in [0.4, 0.5) is 0 Å². The third-order valence-corrected chi connectivity index (χ3v) is 3.03. The van der Waals surface area contributed by atoms with Gasteiger partial charge in [0.15, 0.2) is 0 Å². The van der Waals surface area contributed by atoms with Crippen LogP contribution in [0, 0.1) is 0 Å². The molecule has 0 aliphatic heterocycles. The molecule has 0 saturated heterocycles. The Morgan fingerprint density at radius 1 is 1.18 bits per heavy atom. The molecule has 0 radical (unpaired) electrons. The second-order valence-corrected chi connectivity index (χ2v) is 4.37. The van der Waals surface area contributed by atoms with E-state index in [4.69, 9.17) is 23.2 Å². The van der Waals surface area contributed by atoms with Gasteiger partial charge in [0.2, 0.25) is 0 Å². The molecule has 88 valence electrons. The van der Waals surface area contributed by atoms with Gasteiger partial charge in [-0.1, -0.05) is 23.2 Å². The number of aliphatic hydroxyl groups excluding tert-OH is 1. The van der Waals surface area contributed by atoms with Crippen molar-refractivity contribution in [1.29, 1.82) is 0 Å². The van der Waals surface area contributed by atoms with Crippen molar-refractivity contribution in [3.8, 4) is 0 Å². The molecule has 0 aliphatic rings. The standard InChI is InChI=1S/C12H10Cl2N2O/c13-9-2-1-4-16-12(9)11(17)6-8-3-5-15-7-10(8)14/h1-5,7,11,17H,6H2. The molecular formula is C12H10Cl2N2O. The molecule has 0 aromatic carbocycles. The minimum atomic E-state index is -0.774. The van der Waals surface area contributed by atoms with Gasteiger partial charge in [0.25, 0.3) is 0 Å². The van der Waals surface area contributed by atoms with E-state index in [9.17, 15) is 5.11 Å². The Bertz CT molecular complexity index is 519.